The Hall–Kier alpha value is -1.28. The van der Waals surface area contributed by atoms with E-state index in [1.165, 1.54) is 11.4 Å². The number of ether oxygens (including phenoxy) is 1. The average Bonchev–Trinajstić information content (AvgIpc) is 2.55. The quantitative estimate of drug-likeness (QED) is 0.776. The van der Waals surface area contributed by atoms with E-state index in [0.717, 1.165) is 0 Å². The molecule has 1 aromatic rings. The fourth-order valence-corrected chi connectivity index (χ4v) is 4.58. The highest BCUT2D eigenvalue weighted by molar-refractivity contribution is 7.89. The molecule has 2 rings (SSSR count). The summed E-state index contributed by atoms with van der Waals surface area (Å²) in [7, 11) is -2.16. The van der Waals surface area contributed by atoms with E-state index in [4.69, 9.17) is 4.74 Å². The van der Waals surface area contributed by atoms with Crippen LogP contribution in [0, 0.1) is 5.92 Å². The van der Waals surface area contributed by atoms with Crippen molar-refractivity contribution >= 4 is 10.0 Å². The number of hydrogen-bond acceptors (Lipinski definition) is 3. The second-order valence-electron chi connectivity index (χ2n) is 6.04. The first-order valence-electron chi connectivity index (χ1n) is 7.91. The Balaban J connectivity index is 1.84. The van der Waals surface area contributed by atoms with E-state index in [0.29, 0.717) is 5.75 Å². The van der Waals surface area contributed by atoms with Crippen LogP contribution in [0.5, 0.6) is 5.75 Å². The van der Waals surface area contributed by atoms with Gasteiger partial charge in [-0.25, -0.2) is 12.7 Å². The molecule has 0 heterocycles. The van der Waals surface area contributed by atoms with Crippen molar-refractivity contribution in [2.45, 2.75) is 37.1 Å². The minimum atomic E-state index is -4.23. The van der Waals surface area contributed by atoms with Crippen LogP contribution >= 0.6 is 0 Å². The van der Waals surface area contributed by atoms with Crippen LogP contribution in [-0.4, -0.2) is 44.3 Å². The summed E-state index contributed by atoms with van der Waals surface area (Å²) < 4.78 is 69.6. The van der Waals surface area contributed by atoms with Crippen LogP contribution in [0.4, 0.5) is 13.2 Å². The van der Waals surface area contributed by atoms with Gasteiger partial charge in [-0.1, -0.05) is 18.2 Å². The monoisotopic (exact) mass is 365 g/mol. The Bertz CT molecular complexity index is 611. The minimum absolute atomic E-state index is 0.0520. The molecule has 0 aliphatic heterocycles. The van der Waals surface area contributed by atoms with Crippen LogP contribution in [0.25, 0.3) is 0 Å². The largest absolute Gasteiger partial charge is 0.492 e. The molecule has 1 saturated carbocycles. The lowest BCUT2D eigenvalue weighted by Gasteiger charge is -2.31. The normalized spacial score (nSPS) is 22.5. The molecule has 0 amide bonds. The van der Waals surface area contributed by atoms with Gasteiger partial charge in [0.1, 0.15) is 12.4 Å². The average molecular weight is 365 g/mol. The van der Waals surface area contributed by atoms with Crippen molar-refractivity contribution in [2.24, 2.45) is 5.92 Å². The van der Waals surface area contributed by atoms with Crippen LogP contribution in [-0.2, 0) is 10.0 Å². The smallest absolute Gasteiger partial charge is 0.391 e. The van der Waals surface area contributed by atoms with Gasteiger partial charge >= 0.3 is 6.18 Å². The molecule has 0 saturated heterocycles. The van der Waals surface area contributed by atoms with Gasteiger partial charge in [-0.05, 0) is 37.8 Å². The molecule has 1 aromatic carbocycles. The summed E-state index contributed by atoms with van der Waals surface area (Å²) in [6, 6.07) is 9.02. The number of hydrogen-bond donors (Lipinski definition) is 0. The first kappa shape index (κ1) is 19.1. The zero-order chi connectivity index (χ0) is 17.8. The third kappa shape index (κ3) is 4.86. The van der Waals surface area contributed by atoms with Crippen molar-refractivity contribution in [2.75, 3.05) is 20.2 Å². The lowest BCUT2D eigenvalue weighted by molar-refractivity contribution is -0.181. The maximum Gasteiger partial charge on any atom is 0.391 e. The summed E-state index contributed by atoms with van der Waals surface area (Å²) in [5.74, 6) is -0.732. The van der Waals surface area contributed by atoms with Gasteiger partial charge in [-0.2, -0.15) is 13.2 Å². The van der Waals surface area contributed by atoms with Crippen molar-refractivity contribution in [1.82, 2.24) is 4.31 Å². The molecule has 8 heteroatoms. The van der Waals surface area contributed by atoms with E-state index in [1.54, 1.807) is 12.1 Å². The van der Waals surface area contributed by atoms with Crippen LogP contribution < -0.4 is 4.74 Å². The number of likely N-dealkylation sites (N-methyl/N-ethyl adjacent to an activating group) is 1. The summed E-state index contributed by atoms with van der Waals surface area (Å²) in [6.45, 7) is 0.355. The first-order valence-corrected chi connectivity index (χ1v) is 9.41. The third-order valence-electron chi connectivity index (χ3n) is 4.41. The zero-order valence-electron chi connectivity index (χ0n) is 13.5. The Morgan fingerprint density at radius 1 is 1.12 bits per heavy atom. The number of benzene rings is 1. The Labute approximate surface area is 140 Å². The molecule has 1 fully saturated rings. The van der Waals surface area contributed by atoms with Crippen molar-refractivity contribution in [3.63, 3.8) is 0 Å². The lowest BCUT2D eigenvalue weighted by Crippen LogP contribution is -2.41. The molecule has 136 valence electrons. The van der Waals surface area contributed by atoms with Crippen molar-refractivity contribution in [3.8, 4) is 5.75 Å². The summed E-state index contributed by atoms with van der Waals surface area (Å²) in [5.41, 5.74) is 0. The van der Waals surface area contributed by atoms with E-state index >= 15 is 0 Å². The van der Waals surface area contributed by atoms with E-state index in [9.17, 15) is 21.6 Å². The van der Waals surface area contributed by atoms with Crippen molar-refractivity contribution in [3.05, 3.63) is 30.3 Å². The second-order valence-corrected chi connectivity index (χ2v) is 8.36. The number of para-hydroxylation sites is 1. The highest BCUT2D eigenvalue weighted by Gasteiger charge is 2.44. The molecule has 1 aliphatic carbocycles. The van der Waals surface area contributed by atoms with Crippen LogP contribution in [0.3, 0.4) is 0 Å². The predicted molar refractivity (Wildman–Crippen MR) is 85.3 cm³/mol. The highest BCUT2D eigenvalue weighted by Crippen LogP contribution is 2.39. The summed E-state index contributed by atoms with van der Waals surface area (Å²) >= 11 is 0. The van der Waals surface area contributed by atoms with Gasteiger partial charge < -0.3 is 4.74 Å². The number of nitrogens with zero attached hydrogens (tertiary/aromatic N) is 1. The van der Waals surface area contributed by atoms with Crippen LogP contribution in [0.1, 0.15) is 25.7 Å². The second kappa shape index (κ2) is 7.74. The van der Waals surface area contributed by atoms with Gasteiger partial charge in [0.15, 0.2) is 0 Å². The van der Waals surface area contributed by atoms with Crippen LogP contribution in [0.15, 0.2) is 30.3 Å². The molecule has 1 aliphatic rings. The van der Waals surface area contributed by atoms with Crippen molar-refractivity contribution in [1.29, 1.82) is 0 Å². The van der Waals surface area contributed by atoms with Gasteiger partial charge in [0.25, 0.3) is 0 Å². The molecular weight excluding hydrogens is 343 g/mol. The third-order valence-corrected chi connectivity index (χ3v) is 6.78. The summed E-state index contributed by atoms with van der Waals surface area (Å²) in [4.78, 5) is 0. The maximum absolute atomic E-state index is 12.7. The molecule has 0 N–H and O–H groups in total. The van der Waals surface area contributed by atoms with Gasteiger partial charge in [-0.15, -0.1) is 0 Å². The molecule has 0 spiro atoms. The Kier molecular flexibility index (Phi) is 6.14. The van der Waals surface area contributed by atoms with E-state index in [-0.39, 0.29) is 38.8 Å². The zero-order valence-corrected chi connectivity index (χ0v) is 14.3. The Morgan fingerprint density at radius 3 is 2.25 bits per heavy atom. The van der Waals surface area contributed by atoms with Crippen LogP contribution in [0.2, 0.25) is 0 Å². The molecule has 0 aromatic heterocycles. The molecule has 0 bridgehead atoms. The first-order chi connectivity index (χ1) is 11.2. The number of alkyl halides is 3. The molecule has 4 nitrogen and oxygen atoms in total. The number of halogens is 3. The maximum atomic E-state index is 12.7. The fourth-order valence-electron chi connectivity index (χ4n) is 2.88. The molecule has 0 radical (unpaired) electrons. The molecular formula is C16H22F3NO3S. The fraction of sp³-hybridized carbons (Fsp3) is 0.625. The standard InChI is InChI=1S/C16H22F3NO3S/c1-20(11-12-23-14-5-3-2-4-6-14)24(21,22)15-9-7-13(8-10-15)16(17,18)19/h2-6,13,15H,7-12H2,1H3. The lowest BCUT2D eigenvalue weighted by atomic mass is 9.88. The minimum Gasteiger partial charge on any atom is -0.492 e. The van der Waals surface area contributed by atoms with Crippen molar-refractivity contribution < 1.29 is 26.3 Å². The SMILES string of the molecule is CN(CCOc1ccccc1)S(=O)(=O)C1CCC(C(F)(F)F)CC1. The van der Waals surface area contributed by atoms with E-state index in [1.807, 2.05) is 18.2 Å². The highest BCUT2D eigenvalue weighted by atomic mass is 32.2. The molecule has 0 atom stereocenters. The van der Waals surface area contributed by atoms with E-state index in [2.05, 4.69) is 0 Å². The summed E-state index contributed by atoms with van der Waals surface area (Å²) in [5, 5.41) is -0.738. The topological polar surface area (TPSA) is 46.6 Å². The predicted octanol–water partition coefficient (Wildman–Crippen LogP) is 3.45. The van der Waals surface area contributed by atoms with Gasteiger partial charge in [0.2, 0.25) is 10.0 Å². The van der Waals surface area contributed by atoms with E-state index < -0.39 is 27.4 Å². The van der Waals surface area contributed by atoms with Gasteiger partial charge in [0, 0.05) is 13.6 Å². The Morgan fingerprint density at radius 2 is 1.71 bits per heavy atom. The molecule has 0 unspecified atom stereocenters. The van der Waals surface area contributed by atoms with Gasteiger partial charge in [0.05, 0.1) is 11.2 Å². The van der Waals surface area contributed by atoms with Gasteiger partial charge in [-0.3, -0.25) is 0 Å². The summed E-state index contributed by atoms with van der Waals surface area (Å²) in [6.07, 6.45) is -4.37. The number of sulfonamides is 1. The number of rotatable bonds is 6. The molecule has 24 heavy (non-hydrogen) atoms.